The van der Waals surface area contributed by atoms with Crippen molar-refractivity contribution in [2.24, 2.45) is 11.3 Å². The van der Waals surface area contributed by atoms with Crippen LogP contribution in [0.1, 0.15) is 31.2 Å². The van der Waals surface area contributed by atoms with Crippen LogP contribution in [0.5, 0.6) is 0 Å². The summed E-state index contributed by atoms with van der Waals surface area (Å²) in [4.78, 5) is 30.8. The van der Waals surface area contributed by atoms with Crippen LogP contribution in [0.25, 0.3) is 10.4 Å². The van der Waals surface area contributed by atoms with Crippen molar-refractivity contribution in [3.8, 4) is 10.4 Å². The van der Waals surface area contributed by atoms with Crippen molar-refractivity contribution in [3.63, 3.8) is 0 Å². The van der Waals surface area contributed by atoms with Gasteiger partial charge < -0.3 is 9.80 Å². The van der Waals surface area contributed by atoms with Crippen LogP contribution >= 0.6 is 11.3 Å². The maximum Gasteiger partial charge on any atom is 0.230 e. The first-order valence-electron chi connectivity index (χ1n) is 10.1. The van der Waals surface area contributed by atoms with Crippen LogP contribution in [-0.4, -0.2) is 48.8 Å². The van der Waals surface area contributed by atoms with Gasteiger partial charge in [0.1, 0.15) is 0 Å². The Labute approximate surface area is 171 Å². The molecular weight excluding hydrogens is 368 g/mol. The largest absolute Gasteiger partial charge is 0.348 e. The van der Waals surface area contributed by atoms with Gasteiger partial charge in [0.05, 0.1) is 5.41 Å². The highest BCUT2D eigenvalue weighted by molar-refractivity contribution is 7.13. The molecule has 1 aliphatic carbocycles. The second-order valence-corrected chi connectivity index (χ2v) is 9.42. The van der Waals surface area contributed by atoms with Gasteiger partial charge in [0.25, 0.3) is 0 Å². The first-order chi connectivity index (χ1) is 13.5. The molecule has 0 spiro atoms. The molecule has 2 aliphatic rings. The van der Waals surface area contributed by atoms with Crippen LogP contribution in [0, 0.1) is 11.3 Å². The molecule has 1 aromatic carbocycles. The third-order valence-corrected chi connectivity index (χ3v) is 6.90. The molecule has 0 bridgehead atoms. The summed E-state index contributed by atoms with van der Waals surface area (Å²) in [5.74, 6) is 0.599. The molecule has 1 aliphatic heterocycles. The molecule has 1 atom stereocenters. The number of thiophene rings is 1. The lowest BCUT2D eigenvalue weighted by Gasteiger charge is -2.43. The van der Waals surface area contributed by atoms with E-state index in [0.29, 0.717) is 13.0 Å². The van der Waals surface area contributed by atoms with Gasteiger partial charge in [-0.1, -0.05) is 30.3 Å². The maximum absolute atomic E-state index is 13.2. The van der Waals surface area contributed by atoms with E-state index in [1.807, 2.05) is 19.0 Å². The minimum Gasteiger partial charge on any atom is -0.348 e. The Kier molecular flexibility index (Phi) is 5.28. The Bertz CT molecular complexity index is 840. The quantitative estimate of drug-likeness (QED) is 0.765. The minimum absolute atomic E-state index is 0.142. The fourth-order valence-electron chi connectivity index (χ4n) is 4.40. The standard InChI is InChI=1S/C23H28N2O2S/c1-24(2)22(27)23(12-4-13-25(16-23)21(26)19-10-11-19)15-17-6-8-18(9-7-17)20-5-3-14-28-20/h3,5-9,14,19H,4,10-13,15-16H2,1-2H3. The monoisotopic (exact) mass is 396 g/mol. The summed E-state index contributed by atoms with van der Waals surface area (Å²) in [5.41, 5.74) is 1.86. The molecule has 0 N–H and O–H groups in total. The van der Waals surface area contributed by atoms with Crippen molar-refractivity contribution in [2.45, 2.75) is 32.1 Å². The molecule has 1 unspecified atom stereocenters. The van der Waals surface area contributed by atoms with Crippen molar-refractivity contribution in [2.75, 3.05) is 27.2 Å². The van der Waals surface area contributed by atoms with E-state index in [1.54, 1.807) is 16.2 Å². The van der Waals surface area contributed by atoms with Crippen molar-refractivity contribution in [3.05, 3.63) is 47.3 Å². The first-order valence-corrected chi connectivity index (χ1v) is 11.0. The van der Waals surface area contributed by atoms with Gasteiger partial charge in [-0.2, -0.15) is 0 Å². The molecular formula is C23H28N2O2S. The summed E-state index contributed by atoms with van der Waals surface area (Å²) < 4.78 is 0. The van der Waals surface area contributed by atoms with E-state index in [0.717, 1.165) is 37.8 Å². The molecule has 2 aromatic rings. The third kappa shape index (κ3) is 3.86. The number of benzene rings is 1. The highest BCUT2D eigenvalue weighted by Crippen LogP contribution is 2.39. The molecule has 148 valence electrons. The number of piperidine rings is 1. The second-order valence-electron chi connectivity index (χ2n) is 8.47. The topological polar surface area (TPSA) is 40.6 Å². The van der Waals surface area contributed by atoms with Crippen LogP contribution < -0.4 is 0 Å². The zero-order valence-electron chi connectivity index (χ0n) is 16.7. The summed E-state index contributed by atoms with van der Waals surface area (Å²) in [6.45, 7) is 1.33. The predicted molar refractivity (Wildman–Crippen MR) is 113 cm³/mol. The van der Waals surface area contributed by atoms with Crippen LogP contribution in [0.15, 0.2) is 41.8 Å². The first kappa shape index (κ1) is 19.2. The summed E-state index contributed by atoms with van der Waals surface area (Å²) in [6, 6.07) is 12.8. The van der Waals surface area contributed by atoms with Crippen molar-refractivity contribution >= 4 is 23.2 Å². The molecule has 1 saturated heterocycles. The van der Waals surface area contributed by atoms with Crippen LogP contribution in [0.4, 0.5) is 0 Å². The number of hydrogen-bond donors (Lipinski definition) is 0. The second kappa shape index (κ2) is 7.70. The highest BCUT2D eigenvalue weighted by atomic mass is 32.1. The molecule has 2 heterocycles. The Balaban J connectivity index is 1.57. The smallest absolute Gasteiger partial charge is 0.230 e. The molecule has 2 fully saturated rings. The van der Waals surface area contributed by atoms with Gasteiger partial charge in [0.15, 0.2) is 0 Å². The Morgan fingerprint density at radius 3 is 2.54 bits per heavy atom. The summed E-state index contributed by atoms with van der Waals surface area (Å²) in [6.07, 6.45) is 4.43. The van der Waals surface area contributed by atoms with E-state index >= 15 is 0 Å². The fraction of sp³-hybridized carbons (Fsp3) is 0.478. The number of likely N-dealkylation sites (tertiary alicyclic amines) is 1. The van der Waals surface area contributed by atoms with Gasteiger partial charge in [0.2, 0.25) is 11.8 Å². The number of hydrogen-bond acceptors (Lipinski definition) is 3. The molecule has 4 nitrogen and oxygen atoms in total. The lowest BCUT2D eigenvalue weighted by atomic mass is 9.73. The van der Waals surface area contributed by atoms with Crippen LogP contribution in [0.2, 0.25) is 0 Å². The van der Waals surface area contributed by atoms with Gasteiger partial charge in [-0.3, -0.25) is 9.59 Å². The summed E-state index contributed by atoms with van der Waals surface area (Å²) in [5, 5.41) is 2.08. The number of amides is 2. The number of carbonyl (C=O) groups is 2. The molecule has 1 aromatic heterocycles. The molecule has 2 amide bonds. The lowest BCUT2D eigenvalue weighted by Crippen LogP contribution is -2.54. The number of rotatable bonds is 5. The van der Waals surface area contributed by atoms with Gasteiger partial charge in [-0.15, -0.1) is 11.3 Å². The van der Waals surface area contributed by atoms with E-state index < -0.39 is 5.41 Å². The maximum atomic E-state index is 13.2. The minimum atomic E-state index is -0.517. The number of carbonyl (C=O) groups excluding carboxylic acids is 2. The zero-order valence-corrected chi connectivity index (χ0v) is 17.5. The lowest BCUT2D eigenvalue weighted by molar-refractivity contribution is -0.147. The SMILES string of the molecule is CN(C)C(=O)C1(Cc2ccc(-c3cccs3)cc2)CCCN(C(=O)C2CC2)C1. The van der Waals surface area contributed by atoms with Crippen LogP contribution in [-0.2, 0) is 16.0 Å². The highest BCUT2D eigenvalue weighted by Gasteiger charge is 2.46. The Hall–Kier alpha value is -2.14. The van der Waals surface area contributed by atoms with Crippen LogP contribution in [0.3, 0.4) is 0 Å². The van der Waals surface area contributed by atoms with Gasteiger partial charge >= 0.3 is 0 Å². The van der Waals surface area contributed by atoms with E-state index in [1.165, 1.54) is 10.4 Å². The van der Waals surface area contributed by atoms with E-state index in [2.05, 4.69) is 41.8 Å². The van der Waals surface area contributed by atoms with E-state index in [4.69, 9.17) is 0 Å². The fourth-order valence-corrected chi connectivity index (χ4v) is 5.13. The van der Waals surface area contributed by atoms with Crippen molar-refractivity contribution in [1.82, 2.24) is 9.80 Å². The Morgan fingerprint density at radius 2 is 1.93 bits per heavy atom. The van der Waals surface area contributed by atoms with Gasteiger partial charge in [-0.05, 0) is 54.7 Å². The third-order valence-electron chi connectivity index (χ3n) is 5.98. The average Bonchev–Trinajstić information content (AvgIpc) is 3.41. The van der Waals surface area contributed by atoms with E-state index in [-0.39, 0.29) is 17.7 Å². The Morgan fingerprint density at radius 1 is 1.18 bits per heavy atom. The normalized spacial score (nSPS) is 22.1. The molecule has 28 heavy (non-hydrogen) atoms. The predicted octanol–water partition coefficient (Wildman–Crippen LogP) is 4.06. The summed E-state index contributed by atoms with van der Waals surface area (Å²) in [7, 11) is 3.65. The van der Waals surface area contributed by atoms with E-state index in [9.17, 15) is 9.59 Å². The molecule has 0 radical (unpaired) electrons. The van der Waals surface area contributed by atoms with Crippen molar-refractivity contribution < 1.29 is 9.59 Å². The molecule has 4 rings (SSSR count). The van der Waals surface area contributed by atoms with Gasteiger partial charge in [0, 0.05) is 38.0 Å². The molecule has 1 saturated carbocycles. The molecule has 5 heteroatoms. The van der Waals surface area contributed by atoms with Crippen molar-refractivity contribution in [1.29, 1.82) is 0 Å². The average molecular weight is 397 g/mol. The zero-order chi connectivity index (χ0) is 19.7. The number of nitrogens with zero attached hydrogens (tertiary/aromatic N) is 2. The van der Waals surface area contributed by atoms with Gasteiger partial charge in [-0.25, -0.2) is 0 Å². The summed E-state index contributed by atoms with van der Waals surface area (Å²) >= 11 is 1.73.